The summed E-state index contributed by atoms with van der Waals surface area (Å²) in [5, 5.41) is 0. The molecule has 3 nitrogen and oxygen atoms in total. The Hall–Kier alpha value is -2.13. The van der Waals surface area contributed by atoms with Crippen LogP contribution in [0, 0.1) is 0 Å². The molecular formula is C20H21NO2. The average Bonchev–Trinajstić information content (AvgIpc) is 2.94. The van der Waals surface area contributed by atoms with Gasteiger partial charge in [0.1, 0.15) is 6.10 Å². The Balaban J connectivity index is 1.75. The van der Waals surface area contributed by atoms with E-state index in [1.165, 1.54) is 24.8 Å². The number of esters is 1. The molecule has 2 aliphatic rings. The Morgan fingerprint density at radius 1 is 0.913 bits per heavy atom. The molecular weight excluding hydrogens is 286 g/mol. The molecule has 3 heteroatoms. The van der Waals surface area contributed by atoms with Gasteiger partial charge in [0.05, 0.1) is 11.6 Å². The molecule has 2 heterocycles. The molecule has 0 amide bonds. The number of benzene rings is 2. The van der Waals surface area contributed by atoms with Crippen molar-refractivity contribution < 1.29 is 9.53 Å². The quantitative estimate of drug-likeness (QED) is 0.799. The fourth-order valence-corrected chi connectivity index (χ4v) is 3.83. The van der Waals surface area contributed by atoms with Gasteiger partial charge >= 0.3 is 5.97 Å². The number of carbonyl (C=O) groups is 1. The van der Waals surface area contributed by atoms with Crippen LogP contribution in [0.25, 0.3) is 0 Å². The van der Waals surface area contributed by atoms with Crippen molar-refractivity contribution >= 4 is 5.97 Å². The van der Waals surface area contributed by atoms with E-state index in [-0.39, 0.29) is 18.1 Å². The van der Waals surface area contributed by atoms with Crippen LogP contribution >= 0.6 is 0 Å². The van der Waals surface area contributed by atoms with E-state index in [0.717, 1.165) is 24.2 Å². The van der Waals surface area contributed by atoms with Crippen molar-refractivity contribution in [3.63, 3.8) is 0 Å². The Kier molecular flexibility index (Phi) is 3.88. The number of nitrogens with zero attached hydrogens (tertiary/aromatic N) is 1. The van der Waals surface area contributed by atoms with Crippen molar-refractivity contribution in [2.45, 2.75) is 31.4 Å². The molecule has 23 heavy (non-hydrogen) atoms. The maximum Gasteiger partial charge on any atom is 0.339 e. The molecule has 0 spiro atoms. The van der Waals surface area contributed by atoms with E-state index >= 15 is 0 Å². The monoisotopic (exact) mass is 307 g/mol. The van der Waals surface area contributed by atoms with Crippen molar-refractivity contribution in [1.29, 1.82) is 0 Å². The number of rotatable bonds is 3. The lowest BCUT2D eigenvalue weighted by Crippen LogP contribution is -2.37. The number of carbonyl (C=O) groups excluding carboxylic acids is 1. The minimum absolute atomic E-state index is 0.101. The Morgan fingerprint density at radius 3 is 2.39 bits per heavy atom. The standard InChI is InChI=1S/C20H21NO2/c22-20-17-12-6-5-11-16(17)19(23-20)18(15-9-3-1-4-10-15)21-13-7-2-8-14-21/h1,3-6,9-12,18-19H,2,7-8,13-14H2. The van der Waals surface area contributed by atoms with E-state index in [9.17, 15) is 4.79 Å². The molecule has 0 saturated carbocycles. The van der Waals surface area contributed by atoms with Gasteiger partial charge in [-0.25, -0.2) is 4.79 Å². The molecule has 0 bridgehead atoms. The molecule has 0 aromatic heterocycles. The summed E-state index contributed by atoms with van der Waals surface area (Å²) in [7, 11) is 0. The first kappa shape index (κ1) is 14.5. The lowest BCUT2D eigenvalue weighted by molar-refractivity contribution is 0.00204. The average molecular weight is 307 g/mol. The maximum absolute atomic E-state index is 12.3. The van der Waals surface area contributed by atoms with Gasteiger partial charge in [-0.3, -0.25) is 4.90 Å². The van der Waals surface area contributed by atoms with Gasteiger partial charge in [0, 0.05) is 5.56 Å². The molecule has 2 aliphatic heterocycles. The van der Waals surface area contributed by atoms with E-state index in [0.29, 0.717) is 0 Å². The Morgan fingerprint density at radius 2 is 1.61 bits per heavy atom. The second kappa shape index (κ2) is 6.17. The third kappa shape index (κ3) is 2.66. The molecule has 2 aromatic carbocycles. The van der Waals surface area contributed by atoms with Gasteiger partial charge in [-0.05, 0) is 37.6 Å². The number of ether oxygens (including phenoxy) is 1. The summed E-state index contributed by atoms with van der Waals surface area (Å²) in [5.41, 5.74) is 2.97. The maximum atomic E-state index is 12.3. The second-order valence-corrected chi connectivity index (χ2v) is 6.37. The fourth-order valence-electron chi connectivity index (χ4n) is 3.83. The van der Waals surface area contributed by atoms with Gasteiger partial charge < -0.3 is 4.74 Å². The van der Waals surface area contributed by atoms with Gasteiger partial charge in [0.2, 0.25) is 0 Å². The highest BCUT2D eigenvalue weighted by Crippen LogP contribution is 2.43. The largest absolute Gasteiger partial charge is 0.452 e. The van der Waals surface area contributed by atoms with Gasteiger partial charge in [0.25, 0.3) is 0 Å². The van der Waals surface area contributed by atoms with E-state index < -0.39 is 0 Å². The number of hydrogen-bond donors (Lipinski definition) is 0. The molecule has 2 atom stereocenters. The normalized spacial score (nSPS) is 22.4. The summed E-state index contributed by atoms with van der Waals surface area (Å²) in [6.45, 7) is 2.13. The first-order chi connectivity index (χ1) is 11.3. The summed E-state index contributed by atoms with van der Waals surface area (Å²) in [6.07, 6.45) is 3.51. The van der Waals surface area contributed by atoms with Crippen LogP contribution in [0.15, 0.2) is 54.6 Å². The summed E-state index contributed by atoms with van der Waals surface area (Å²) in [4.78, 5) is 14.7. The van der Waals surface area contributed by atoms with Crippen molar-refractivity contribution in [3.05, 3.63) is 71.3 Å². The minimum atomic E-state index is -0.209. The molecule has 0 N–H and O–H groups in total. The van der Waals surface area contributed by atoms with Crippen LogP contribution in [0.3, 0.4) is 0 Å². The molecule has 4 rings (SSSR count). The zero-order valence-corrected chi connectivity index (χ0v) is 13.2. The van der Waals surface area contributed by atoms with Crippen molar-refractivity contribution in [2.24, 2.45) is 0 Å². The van der Waals surface area contributed by atoms with E-state index in [1.807, 2.05) is 30.3 Å². The topological polar surface area (TPSA) is 29.5 Å². The Bertz CT molecular complexity index is 692. The first-order valence-corrected chi connectivity index (χ1v) is 8.43. The molecule has 2 aromatic rings. The first-order valence-electron chi connectivity index (χ1n) is 8.43. The zero-order chi connectivity index (χ0) is 15.6. The van der Waals surface area contributed by atoms with Crippen LogP contribution in [0.4, 0.5) is 0 Å². The minimum Gasteiger partial charge on any atom is -0.452 e. The van der Waals surface area contributed by atoms with Gasteiger partial charge in [0.15, 0.2) is 0 Å². The third-order valence-corrected chi connectivity index (χ3v) is 4.93. The predicted molar refractivity (Wildman–Crippen MR) is 89.2 cm³/mol. The van der Waals surface area contributed by atoms with Crippen molar-refractivity contribution in [1.82, 2.24) is 4.90 Å². The van der Waals surface area contributed by atoms with Gasteiger partial charge in [-0.2, -0.15) is 0 Å². The van der Waals surface area contributed by atoms with E-state index in [2.05, 4.69) is 29.2 Å². The lowest BCUT2D eigenvalue weighted by atomic mass is 9.92. The highest BCUT2D eigenvalue weighted by molar-refractivity contribution is 5.94. The van der Waals surface area contributed by atoms with Gasteiger partial charge in [-0.1, -0.05) is 55.0 Å². The van der Waals surface area contributed by atoms with Crippen LogP contribution < -0.4 is 0 Å². The number of piperidine rings is 1. The summed E-state index contributed by atoms with van der Waals surface area (Å²) in [6, 6.07) is 18.4. The highest BCUT2D eigenvalue weighted by Gasteiger charge is 2.40. The number of fused-ring (bicyclic) bond motifs is 1. The van der Waals surface area contributed by atoms with Crippen LogP contribution in [0.5, 0.6) is 0 Å². The molecule has 0 radical (unpaired) electrons. The smallest absolute Gasteiger partial charge is 0.339 e. The SMILES string of the molecule is O=C1OC(C(c2ccccc2)N2CCCCC2)c2ccccc21. The van der Waals surface area contributed by atoms with Crippen LogP contribution in [-0.2, 0) is 4.74 Å². The Labute approximate surface area is 136 Å². The third-order valence-electron chi connectivity index (χ3n) is 4.93. The second-order valence-electron chi connectivity index (χ2n) is 6.37. The molecule has 2 unspecified atom stereocenters. The molecule has 118 valence electrons. The van der Waals surface area contributed by atoms with Gasteiger partial charge in [-0.15, -0.1) is 0 Å². The van der Waals surface area contributed by atoms with Crippen molar-refractivity contribution in [2.75, 3.05) is 13.1 Å². The summed E-state index contributed by atoms with van der Waals surface area (Å²) < 4.78 is 5.82. The van der Waals surface area contributed by atoms with Crippen LogP contribution in [0.1, 0.15) is 52.9 Å². The predicted octanol–water partition coefficient (Wildman–Crippen LogP) is 4.13. The van der Waals surface area contributed by atoms with E-state index in [1.54, 1.807) is 0 Å². The number of cyclic esters (lactones) is 1. The summed E-state index contributed by atoms with van der Waals surface area (Å²) in [5.74, 6) is -0.191. The van der Waals surface area contributed by atoms with E-state index in [4.69, 9.17) is 4.74 Å². The molecule has 0 aliphatic carbocycles. The lowest BCUT2D eigenvalue weighted by Gasteiger charge is -2.37. The number of hydrogen-bond acceptors (Lipinski definition) is 3. The molecule has 1 fully saturated rings. The summed E-state index contributed by atoms with van der Waals surface area (Å²) >= 11 is 0. The van der Waals surface area contributed by atoms with Crippen LogP contribution in [-0.4, -0.2) is 24.0 Å². The molecule has 1 saturated heterocycles. The number of likely N-dealkylation sites (tertiary alicyclic amines) is 1. The zero-order valence-electron chi connectivity index (χ0n) is 13.2. The van der Waals surface area contributed by atoms with Crippen molar-refractivity contribution in [3.8, 4) is 0 Å². The highest BCUT2D eigenvalue weighted by atomic mass is 16.5. The van der Waals surface area contributed by atoms with Crippen LogP contribution in [0.2, 0.25) is 0 Å². The fraction of sp³-hybridized carbons (Fsp3) is 0.350.